The van der Waals surface area contributed by atoms with Crippen LogP contribution in [0.5, 0.6) is 0 Å². The molecule has 0 saturated carbocycles. The number of aliphatic imine (C=N–C) groups is 1. The highest BCUT2D eigenvalue weighted by Gasteiger charge is 2.31. The van der Waals surface area contributed by atoms with E-state index in [-0.39, 0.29) is 28.7 Å². The van der Waals surface area contributed by atoms with Crippen LogP contribution < -0.4 is 11.1 Å². The molecule has 6 heteroatoms. The van der Waals surface area contributed by atoms with E-state index in [1.54, 1.807) is 0 Å². The van der Waals surface area contributed by atoms with Crippen LogP contribution in [0.2, 0.25) is 0 Å². The third-order valence-corrected chi connectivity index (χ3v) is 5.60. The van der Waals surface area contributed by atoms with E-state index in [0.29, 0.717) is 11.9 Å². The normalized spacial score (nSPS) is 17.7. The highest BCUT2D eigenvalue weighted by Crippen LogP contribution is 2.34. The van der Waals surface area contributed by atoms with Gasteiger partial charge in [0.1, 0.15) is 0 Å². The number of hydrogen-bond donors (Lipinski definition) is 2. The van der Waals surface area contributed by atoms with Gasteiger partial charge in [-0.15, -0.1) is 24.0 Å². The summed E-state index contributed by atoms with van der Waals surface area (Å²) >= 11 is 1.88. The Hall–Kier alpha value is -0.470. The first-order valence-corrected chi connectivity index (χ1v) is 9.07. The summed E-state index contributed by atoms with van der Waals surface area (Å²) in [5.74, 6) is 0.989. The van der Waals surface area contributed by atoms with Crippen LogP contribution in [-0.4, -0.2) is 36.7 Å². The lowest BCUT2D eigenvalue weighted by Crippen LogP contribution is -2.37. The summed E-state index contributed by atoms with van der Waals surface area (Å²) in [4.78, 5) is 4.57. The molecule has 1 saturated heterocycles. The number of nitrogens with one attached hydrogen (secondary N) is 1. The monoisotopic (exact) mass is 449 g/mol. The van der Waals surface area contributed by atoms with Crippen LogP contribution in [0.4, 0.5) is 5.69 Å². The molecular formula is C17H28IN3OS. The van der Waals surface area contributed by atoms with Crippen LogP contribution in [0.1, 0.15) is 38.2 Å². The number of halogens is 1. The Morgan fingerprint density at radius 1 is 1.39 bits per heavy atom. The molecule has 1 heterocycles. The largest absolute Gasteiger partial charge is 0.381 e. The van der Waals surface area contributed by atoms with Gasteiger partial charge in [0.25, 0.3) is 0 Å². The zero-order valence-corrected chi connectivity index (χ0v) is 17.3. The van der Waals surface area contributed by atoms with Crippen LogP contribution in [0.3, 0.4) is 0 Å². The third-order valence-electron chi connectivity index (χ3n) is 4.20. The highest BCUT2D eigenvalue weighted by atomic mass is 127. The van der Waals surface area contributed by atoms with Gasteiger partial charge in [-0.25, -0.2) is 0 Å². The quantitative estimate of drug-likeness (QED) is 0.404. The van der Waals surface area contributed by atoms with Crippen molar-refractivity contribution >= 4 is 47.4 Å². The molecule has 0 spiro atoms. The number of guanidine groups is 1. The lowest BCUT2D eigenvalue weighted by Gasteiger charge is -2.34. The molecule has 130 valence electrons. The van der Waals surface area contributed by atoms with Crippen molar-refractivity contribution in [3.05, 3.63) is 29.8 Å². The second-order valence-electron chi connectivity index (χ2n) is 6.11. The Kier molecular flexibility index (Phi) is 8.71. The lowest BCUT2D eigenvalue weighted by molar-refractivity contribution is 0.0794. The van der Waals surface area contributed by atoms with E-state index in [1.807, 2.05) is 23.9 Å². The molecule has 0 amide bonds. The number of benzene rings is 1. The smallest absolute Gasteiger partial charge is 0.193 e. The molecule has 1 aliphatic rings. The first-order chi connectivity index (χ1) is 10.5. The van der Waals surface area contributed by atoms with Crippen molar-refractivity contribution in [3.63, 3.8) is 0 Å². The van der Waals surface area contributed by atoms with Crippen molar-refractivity contribution in [3.8, 4) is 0 Å². The van der Waals surface area contributed by atoms with Gasteiger partial charge in [-0.05, 0) is 42.7 Å². The van der Waals surface area contributed by atoms with Gasteiger partial charge in [-0.3, -0.25) is 4.99 Å². The van der Waals surface area contributed by atoms with Gasteiger partial charge in [-0.1, -0.05) is 26.0 Å². The van der Waals surface area contributed by atoms with Gasteiger partial charge in [0.15, 0.2) is 5.96 Å². The van der Waals surface area contributed by atoms with Gasteiger partial charge in [0, 0.05) is 23.6 Å². The predicted octanol–water partition coefficient (Wildman–Crippen LogP) is 4.07. The van der Waals surface area contributed by atoms with E-state index in [0.717, 1.165) is 38.3 Å². The van der Waals surface area contributed by atoms with E-state index in [1.165, 1.54) is 5.56 Å². The van der Waals surface area contributed by atoms with Gasteiger partial charge >= 0.3 is 0 Å². The van der Waals surface area contributed by atoms with Crippen LogP contribution in [0.25, 0.3) is 0 Å². The maximum Gasteiger partial charge on any atom is 0.193 e. The molecule has 0 radical (unpaired) electrons. The molecule has 1 fully saturated rings. The second kappa shape index (κ2) is 9.74. The number of rotatable bonds is 5. The molecule has 3 N–H and O–H groups in total. The number of ether oxygens (including phenoxy) is 1. The van der Waals surface area contributed by atoms with Crippen LogP contribution in [-0.2, 0) is 4.74 Å². The Morgan fingerprint density at radius 2 is 2.09 bits per heavy atom. The number of anilines is 1. The Labute approximate surface area is 161 Å². The standard InChI is InChI=1S/C17H27N3OS.HI/c1-13(2)14-5-4-6-15(11-14)20-16(18)19-12-17(22-3)7-9-21-10-8-17;/h4-6,11,13H,7-10,12H2,1-3H3,(H3,18,19,20);1H. The van der Waals surface area contributed by atoms with E-state index in [4.69, 9.17) is 10.5 Å². The van der Waals surface area contributed by atoms with Crippen molar-refractivity contribution in [1.82, 2.24) is 0 Å². The lowest BCUT2D eigenvalue weighted by atomic mass is 9.99. The molecule has 23 heavy (non-hydrogen) atoms. The van der Waals surface area contributed by atoms with Crippen molar-refractivity contribution in [2.24, 2.45) is 10.7 Å². The van der Waals surface area contributed by atoms with Gasteiger partial charge in [-0.2, -0.15) is 11.8 Å². The Bertz CT molecular complexity index is 516. The summed E-state index contributed by atoms with van der Waals surface area (Å²) in [5, 5.41) is 3.21. The Morgan fingerprint density at radius 3 is 2.70 bits per heavy atom. The zero-order valence-electron chi connectivity index (χ0n) is 14.2. The number of nitrogens with zero attached hydrogens (tertiary/aromatic N) is 1. The summed E-state index contributed by atoms with van der Waals surface area (Å²) < 4.78 is 5.63. The minimum absolute atomic E-state index is 0. The van der Waals surface area contributed by atoms with Crippen LogP contribution >= 0.6 is 35.7 Å². The number of hydrogen-bond acceptors (Lipinski definition) is 3. The molecule has 1 aromatic rings. The molecule has 0 unspecified atom stereocenters. The van der Waals surface area contributed by atoms with E-state index in [2.05, 4.69) is 42.5 Å². The molecule has 0 aliphatic carbocycles. The molecule has 0 bridgehead atoms. The van der Waals surface area contributed by atoms with Crippen molar-refractivity contribution in [2.45, 2.75) is 37.4 Å². The minimum Gasteiger partial charge on any atom is -0.381 e. The maximum absolute atomic E-state index is 6.06. The SMILES string of the molecule is CSC1(CN=C(N)Nc2cccc(C(C)C)c2)CCOCC1.I. The number of nitrogens with two attached hydrogens (primary N) is 1. The predicted molar refractivity (Wildman–Crippen MR) is 112 cm³/mol. The molecule has 4 nitrogen and oxygen atoms in total. The van der Waals surface area contributed by atoms with Gasteiger partial charge in [0.2, 0.25) is 0 Å². The third kappa shape index (κ3) is 6.15. The molecule has 1 aromatic carbocycles. The fourth-order valence-corrected chi connectivity index (χ4v) is 3.33. The summed E-state index contributed by atoms with van der Waals surface area (Å²) in [7, 11) is 0. The molecule has 0 aromatic heterocycles. The second-order valence-corrected chi connectivity index (χ2v) is 7.38. The summed E-state index contributed by atoms with van der Waals surface area (Å²) in [5.41, 5.74) is 8.35. The van der Waals surface area contributed by atoms with E-state index in [9.17, 15) is 0 Å². The molecule has 0 atom stereocenters. The fourth-order valence-electron chi connectivity index (χ4n) is 2.56. The molecular weight excluding hydrogens is 421 g/mol. The van der Waals surface area contributed by atoms with Crippen molar-refractivity contribution in [1.29, 1.82) is 0 Å². The highest BCUT2D eigenvalue weighted by molar-refractivity contribution is 14.0. The van der Waals surface area contributed by atoms with Gasteiger partial charge in [0.05, 0.1) is 6.54 Å². The van der Waals surface area contributed by atoms with Crippen LogP contribution in [0, 0.1) is 0 Å². The molecule has 2 rings (SSSR count). The topological polar surface area (TPSA) is 59.6 Å². The van der Waals surface area contributed by atoms with Gasteiger partial charge < -0.3 is 15.8 Å². The summed E-state index contributed by atoms with van der Waals surface area (Å²) in [6.07, 6.45) is 4.22. The van der Waals surface area contributed by atoms with Crippen LogP contribution in [0.15, 0.2) is 29.3 Å². The average molecular weight is 449 g/mol. The van der Waals surface area contributed by atoms with E-state index >= 15 is 0 Å². The summed E-state index contributed by atoms with van der Waals surface area (Å²) in [6, 6.07) is 8.33. The first-order valence-electron chi connectivity index (χ1n) is 7.84. The minimum atomic E-state index is 0. The Balaban J connectivity index is 0.00000264. The maximum atomic E-state index is 6.06. The summed E-state index contributed by atoms with van der Waals surface area (Å²) in [6.45, 7) is 6.74. The zero-order chi connectivity index (χ0) is 16.0. The average Bonchev–Trinajstić information content (AvgIpc) is 2.54. The van der Waals surface area contributed by atoms with Crippen molar-refractivity contribution < 1.29 is 4.74 Å². The number of thioether (sulfide) groups is 1. The molecule has 1 aliphatic heterocycles. The fraction of sp³-hybridized carbons (Fsp3) is 0.588. The van der Waals surface area contributed by atoms with E-state index < -0.39 is 0 Å². The first kappa shape index (κ1) is 20.6. The van der Waals surface area contributed by atoms with Crippen molar-refractivity contribution in [2.75, 3.05) is 31.3 Å².